The highest BCUT2D eigenvalue weighted by molar-refractivity contribution is 5.91. The Morgan fingerprint density at radius 2 is 2.03 bits per heavy atom. The Morgan fingerprint density at radius 3 is 2.66 bits per heavy atom. The van der Waals surface area contributed by atoms with E-state index in [-0.39, 0.29) is 29.9 Å². The molecule has 2 heterocycles. The van der Waals surface area contributed by atoms with Gasteiger partial charge in [0.2, 0.25) is 5.88 Å². The van der Waals surface area contributed by atoms with E-state index in [0.29, 0.717) is 5.52 Å². The van der Waals surface area contributed by atoms with E-state index in [1.807, 2.05) is 0 Å². The number of rotatable bonds is 3. The summed E-state index contributed by atoms with van der Waals surface area (Å²) in [5, 5.41) is 10.2. The van der Waals surface area contributed by atoms with Crippen molar-refractivity contribution in [1.82, 2.24) is 14.9 Å². The summed E-state index contributed by atoms with van der Waals surface area (Å²) in [6.45, 7) is 4.19. The molecule has 1 aliphatic rings. The molecule has 0 radical (unpaired) electrons. The number of hydrogen-bond donors (Lipinski definition) is 1. The Kier molecular flexibility index (Phi) is 5.38. The van der Waals surface area contributed by atoms with Crippen LogP contribution < -0.4 is 9.47 Å². The molecule has 1 saturated heterocycles. The number of aromatic hydroxyl groups is 1. The van der Waals surface area contributed by atoms with E-state index in [1.54, 1.807) is 26.8 Å². The first-order chi connectivity index (χ1) is 13.5. The predicted octanol–water partition coefficient (Wildman–Crippen LogP) is 3.37. The van der Waals surface area contributed by atoms with Gasteiger partial charge < -0.3 is 24.2 Å². The van der Waals surface area contributed by atoms with E-state index in [1.165, 1.54) is 13.2 Å². The minimum atomic E-state index is -3.35. The maximum atomic E-state index is 14.8. The number of carbonyl (C=O) groups excluding carboxylic acids is 1. The van der Waals surface area contributed by atoms with Crippen LogP contribution in [0.15, 0.2) is 18.5 Å². The summed E-state index contributed by atoms with van der Waals surface area (Å²) in [6, 6.07) is 3.07. The quantitative estimate of drug-likeness (QED) is 0.828. The molecule has 1 fully saturated rings. The fourth-order valence-corrected chi connectivity index (χ4v) is 3.05. The number of nitrogens with zero attached hydrogens (tertiary/aromatic N) is 3. The summed E-state index contributed by atoms with van der Waals surface area (Å²) < 4.78 is 45.7. The number of carbonyl (C=O) groups is 1. The molecule has 1 unspecified atom stereocenters. The summed E-state index contributed by atoms with van der Waals surface area (Å²) >= 11 is 0. The van der Waals surface area contributed by atoms with Gasteiger partial charge in [0.15, 0.2) is 17.6 Å². The summed E-state index contributed by atoms with van der Waals surface area (Å²) in [5.74, 6) is -3.67. The molecule has 0 saturated carbocycles. The van der Waals surface area contributed by atoms with Crippen LogP contribution in [0.5, 0.6) is 17.4 Å². The zero-order valence-electron chi connectivity index (χ0n) is 16.6. The van der Waals surface area contributed by atoms with Crippen molar-refractivity contribution < 1.29 is 32.9 Å². The zero-order chi connectivity index (χ0) is 21.4. The zero-order valence-corrected chi connectivity index (χ0v) is 16.6. The van der Waals surface area contributed by atoms with Crippen LogP contribution in [-0.2, 0) is 4.74 Å². The topological polar surface area (TPSA) is 94.0 Å². The molecular formula is C19H23F2N3O5. The van der Waals surface area contributed by atoms with Crippen molar-refractivity contribution in [2.75, 3.05) is 20.2 Å². The molecule has 0 aliphatic carbocycles. The number of methoxy groups -OCH3 is 1. The third kappa shape index (κ3) is 4.41. The van der Waals surface area contributed by atoms with Crippen molar-refractivity contribution in [1.29, 1.82) is 0 Å². The van der Waals surface area contributed by atoms with Crippen LogP contribution in [0.4, 0.5) is 13.6 Å². The summed E-state index contributed by atoms with van der Waals surface area (Å²) in [7, 11) is 1.36. The van der Waals surface area contributed by atoms with Crippen LogP contribution in [0.1, 0.15) is 27.2 Å². The molecule has 1 atom stereocenters. The highest BCUT2D eigenvalue weighted by Gasteiger charge is 2.49. The second kappa shape index (κ2) is 7.49. The van der Waals surface area contributed by atoms with Crippen molar-refractivity contribution in [3.8, 4) is 17.4 Å². The van der Waals surface area contributed by atoms with Crippen LogP contribution >= 0.6 is 0 Å². The predicted molar refractivity (Wildman–Crippen MR) is 99.5 cm³/mol. The number of fused-ring (bicyclic) bond motifs is 1. The molecule has 1 aromatic carbocycles. The monoisotopic (exact) mass is 411 g/mol. The van der Waals surface area contributed by atoms with Gasteiger partial charge in [-0.05, 0) is 32.9 Å². The van der Waals surface area contributed by atoms with Crippen LogP contribution in [0.3, 0.4) is 0 Å². The highest BCUT2D eigenvalue weighted by Crippen LogP contribution is 2.42. The first-order valence-electron chi connectivity index (χ1n) is 9.05. The first kappa shape index (κ1) is 20.8. The van der Waals surface area contributed by atoms with Gasteiger partial charge in [-0.3, -0.25) is 0 Å². The van der Waals surface area contributed by atoms with Crippen LogP contribution in [-0.4, -0.2) is 63.9 Å². The number of hydrogen-bond acceptors (Lipinski definition) is 7. The minimum Gasteiger partial charge on any atom is -0.493 e. The number of alkyl halides is 2. The largest absolute Gasteiger partial charge is 0.493 e. The number of halogens is 2. The number of ether oxygens (including phenoxy) is 3. The van der Waals surface area contributed by atoms with Crippen molar-refractivity contribution in [2.45, 2.75) is 44.8 Å². The average Bonchev–Trinajstić information content (AvgIpc) is 2.61. The molecule has 0 spiro atoms. The second-order valence-corrected chi connectivity index (χ2v) is 7.75. The highest BCUT2D eigenvalue weighted by atomic mass is 19.3. The molecular weight excluding hydrogens is 388 g/mol. The molecule has 0 bridgehead atoms. The lowest BCUT2D eigenvalue weighted by molar-refractivity contribution is -0.137. The lowest BCUT2D eigenvalue weighted by Gasteiger charge is -2.38. The minimum absolute atomic E-state index is 0.0325. The van der Waals surface area contributed by atoms with Crippen molar-refractivity contribution in [3.63, 3.8) is 0 Å². The maximum absolute atomic E-state index is 14.8. The Bertz CT molecular complexity index is 917. The molecule has 1 amide bonds. The molecule has 1 N–H and O–H groups in total. The van der Waals surface area contributed by atoms with Gasteiger partial charge in [0.05, 0.1) is 19.2 Å². The fourth-order valence-electron chi connectivity index (χ4n) is 3.05. The second-order valence-electron chi connectivity index (χ2n) is 7.75. The third-order valence-electron chi connectivity index (χ3n) is 4.37. The molecule has 3 rings (SSSR count). The summed E-state index contributed by atoms with van der Waals surface area (Å²) in [6.07, 6.45) is -1.33. The maximum Gasteiger partial charge on any atom is 0.410 e. The van der Waals surface area contributed by atoms with Gasteiger partial charge in [0.1, 0.15) is 17.3 Å². The van der Waals surface area contributed by atoms with Gasteiger partial charge in [-0.15, -0.1) is 0 Å². The number of amides is 1. The lowest BCUT2D eigenvalue weighted by atomic mass is 10.0. The third-order valence-corrected chi connectivity index (χ3v) is 4.37. The van der Waals surface area contributed by atoms with Gasteiger partial charge in [-0.1, -0.05) is 0 Å². The number of piperidine rings is 1. The fraction of sp³-hybridized carbons (Fsp3) is 0.526. The SMILES string of the molecule is COc1ccc2ncnc(O)c2c1OC1CCN(C(=O)OC(C)(C)C)CC1(F)F. The Balaban J connectivity index is 1.86. The van der Waals surface area contributed by atoms with E-state index in [9.17, 15) is 18.7 Å². The Morgan fingerprint density at radius 1 is 1.31 bits per heavy atom. The number of benzene rings is 1. The molecule has 2 aromatic rings. The standard InChI is InChI=1S/C19H23F2N3O5/c1-18(2,3)29-17(26)24-8-7-13(19(20,21)9-24)28-15-12(27-4)6-5-11-14(15)16(25)23-10-22-11/h5-6,10,13H,7-9H2,1-4H3,(H,22,23,25). The number of likely N-dealkylation sites (tertiary alicyclic amines) is 1. The average molecular weight is 411 g/mol. The molecule has 10 heteroatoms. The molecule has 158 valence electrons. The Labute approximate surface area is 166 Å². The van der Waals surface area contributed by atoms with E-state index in [4.69, 9.17) is 14.2 Å². The molecule has 29 heavy (non-hydrogen) atoms. The lowest BCUT2D eigenvalue weighted by Crippen LogP contribution is -2.56. The van der Waals surface area contributed by atoms with E-state index >= 15 is 0 Å². The van der Waals surface area contributed by atoms with Gasteiger partial charge in [0, 0.05) is 13.0 Å². The molecule has 1 aromatic heterocycles. The smallest absolute Gasteiger partial charge is 0.410 e. The summed E-state index contributed by atoms with van der Waals surface area (Å²) in [5.41, 5.74) is -0.462. The van der Waals surface area contributed by atoms with Crippen LogP contribution in [0.25, 0.3) is 10.9 Å². The normalized spacial score (nSPS) is 19.1. The first-order valence-corrected chi connectivity index (χ1v) is 9.05. The van der Waals surface area contributed by atoms with Gasteiger partial charge in [-0.25, -0.2) is 23.5 Å². The van der Waals surface area contributed by atoms with E-state index in [2.05, 4.69) is 9.97 Å². The van der Waals surface area contributed by atoms with Gasteiger partial charge in [-0.2, -0.15) is 0 Å². The van der Waals surface area contributed by atoms with Crippen molar-refractivity contribution in [3.05, 3.63) is 18.5 Å². The van der Waals surface area contributed by atoms with Crippen molar-refractivity contribution in [2.24, 2.45) is 0 Å². The van der Waals surface area contributed by atoms with Gasteiger partial charge in [0.25, 0.3) is 0 Å². The van der Waals surface area contributed by atoms with E-state index < -0.39 is 36.1 Å². The van der Waals surface area contributed by atoms with E-state index in [0.717, 1.165) is 11.2 Å². The van der Waals surface area contributed by atoms with Gasteiger partial charge >= 0.3 is 12.0 Å². The van der Waals surface area contributed by atoms with Crippen LogP contribution in [0, 0.1) is 0 Å². The van der Waals surface area contributed by atoms with Crippen molar-refractivity contribution >= 4 is 17.0 Å². The van der Waals surface area contributed by atoms with Crippen LogP contribution in [0.2, 0.25) is 0 Å². The molecule has 8 nitrogen and oxygen atoms in total. The summed E-state index contributed by atoms with van der Waals surface area (Å²) in [4.78, 5) is 20.8. The Hall–Kier alpha value is -2.91. The number of aromatic nitrogens is 2. The molecule has 1 aliphatic heterocycles.